The van der Waals surface area contributed by atoms with Gasteiger partial charge in [-0.15, -0.1) is 0 Å². The quantitative estimate of drug-likeness (QED) is 0.610. The van der Waals surface area contributed by atoms with Gasteiger partial charge in [0.25, 0.3) is 5.69 Å². The lowest BCUT2D eigenvalue weighted by Crippen LogP contribution is -2.22. The topological polar surface area (TPSA) is 85.3 Å². The lowest BCUT2D eigenvalue weighted by molar-refractivity contribution is -0.386. The highest BCUT2D eigenvalue weighted by Gasteiger charge is 2.19. The molecule has 0 aliphatic heterocycles. The molecule has 6 heteroatoms. The van der Waals surface area contributed by atoms with E-state index in [-0.39, 0.29) is 10.6 Å². The van der Waals surface area contributed by atoms with Crippen LogP contribution in [-0.2, 0) is 6.54 Å². The van der Waals surface area contributed by atoms with Crippen LogP contribution in [0.25, 0.3) is 0 Å². The fourth-order valence-corrected chi connectivity index (χ4v) is 1.90. The Bertz CT molecular complexity index is 434. The first-order chi connectivity index (χ1) is 8.47. The van der Waals surface area contributed by atoms with E-state index in [1.165, 1.54) is 0 Å². The van der Waals surface area contributed by atoms with Gasteiger partial charge in [-0.25, -0.2) is 0 Å². The molecule has 0 saturated heterocycles. The molecule has 0 bridgehead atoms. The lowest BCUT2D eigenvalue weighted by Gasteiger charge is -2.17. The van der Waals surface area contributed by atoms with Gasteiger partial charge in [-0.1, -0.05) is 0 Å². The summed E-state index contributed by atoms with van der Waals surface area (Å²) in [5.41, 5.74) is 7.64. The third kappa shape index (κ3) is 3.48. The van der Waals surface area contributed by atoms with Gasteiger partial charge in [-0.2, -0.15) is 0 Å². The van der Waals surface area contributed by atoms with Crippen LogP contribution in [0.1, 0.15) is 23.2 Å². The first-order valence-corrected chi connectivity index (χ1v) is 5.95. The zero-order valence-corrected chi connectivity index (χ0v) is 11.1. The second-order valence-corrected chi connectivity index (χ2v) is 4.50. The predicted molar refractivity (Wildman–Crippen MR) is 70.4 cm³/mol. The van der Waals surface area contributed by atoms with Gasteiger partial charge in [-0.05, 0) is 40.4 Å². The van der Waals surface area contributed by atoms with Crippen molar-refractivity contribution in [2.75, 3.05) is 20.1 Å². The molecule has 0 aliphatic carbocycles. The van der Waals surface area contributed by atoms with E-state index < -0.39 is 0 Å². The Balaban J connectivity index is 2.90. The van der Waals surface area contributed by atoms with Gasteiger partial charge in [-0.3, -0.25) is 15.1 Å². The van der Waals surface area contributed by atoms with Crippen LogP contribution >= 0.6 is 0 Å². The normalized spacial score (nSPS) is 10.9. The van der Waals surface area contributed by atoms with Crippen LogP contribution in [0, 0.1) is 24.0 Å². The Morgan fingerprint density at radius 1 is 1.50 bits per heavy atom. The molecule has 1 aromatic rings. The molecule has 18 heavy (non-hydrogen) atoms. The maximum Gasteiger partial charge on any atom is 0.278 e. The summed E-state index contributed by atoms with van der Waals surface area (Å²) in [6, 6.07) is 0. The smallest absolute Gasteiger partial charge is 0.278 e. The van der Waals surface area contributed by atoms with Crippen LogP contribution in [0.5, 0.6) is 0 Å². The number of rotatable bonds is 6. The van der Waals surface area contributed by atoms with E-state index >= 15 is 0 Å². The summed E-state index contributed by atoms with van der Waals surface area (Å²) in [6.45, 7) is 5.57. The number of hydrogen-bond donors (Lipinski definition) is 1. The van der Waals surface area contributed by atoms with E-state index in [4.69, 9.17) is 5.73 Å². The van der Waals surface area contributed by atoms with Crippen molar-refractivity contribution in [3.05, 3.63) is 33.1 Å². The van der Waals surface area contributed by atoms with E-state index in [0.717, 1.165) is 18.7 Å². The van der Waals surface area contributed by atoms with Crippen LogP contribution in [0.2, 0.25) is 0 Å². The minimum Gasteiger partial charge on any atom is -0.330 e. The van der Waals surface area contributed by atoms with Gasteiger partial charge in [0.05, 0.1) is 10.6 Å². The van der Waals surface area contributed by atoms with Crippen LogP contribution in [0.3, 0.4) is 0 Å². The summed E-state index contributed by atoms with van der Waals surface area (Å²) in [6.07, 6.45) is 2.47. The van der Waals surface area contributed by atoms with Gasteiger partial charge in [0.2, 0.25) is 0 Å². The molecule has 0 atom stereocenters. The van der Waals surface area contributed by atoms with Crippen LogP contribution in [0.4, 0.5) is 5.69 Å². The maximum atomic E-state index is 11.0. The standard InChI is InChI=1S/C12H20N4O2/c1-9-7-14-11(8-15(3)6-4-5-13)10(2)12(9)16(17)18/h7H,4-6,8,13H2,1-3H3. The Labute approximate surface area is 107 Å². The largest absolute Gasteiger partial charge is 0.330 e. The highest BCUT2D eigenvalue weighted by Crippen LogP contribution is 2.24. The van der Waals surface area contributed by atoms with Gasteiger partial charge >= 0.3 is 0 Å². The van der Waals surface area contributed by atoms with Crippen molar-refractivity contribution >= 4 is 5.69 Å². The fraction of sp³-hybridized carbons (Fsp3) is 0.583. The molecule has 1 heterocycles. The number of pyridine rings is 1. The van der Waals surface area contributed by atoms with E-state index in [2.05, 4.69) is 9.88 Å². The molecule has 0 aliphatic rings. The number of nitrogens with two attached hydrogens (primary N) is 1. The van der Waals surface area contributed by atoms with E-state index in [9.17, 15) is 10.1 Å². The molecule has 1 aromatic heterocycles. The average Bonchev–Trinajstić information content (AvgIpc) is 2.30. The average molecular weight is 252 g/mol. The molecule has 0 unspecified atom stereocenters. The van der Waals surface area contributed by atoms with Crippen molar-refractivity contribution in [1.29, 1.82) is 0 Å². The van der Waals surface area contributed by atoms with Crippen LogP contribution < -0.4 is 5.73 Å². The molecule has 0 fully saturated rings. The zero-order chi connectivity index (χ0) is 13.7. The van der Waals surface area contributed by atoms with Crippen molar-refractivity contribution in [2.24, 2.45) is 5.73 Å². The van der Waals surface area contributed by atoms with Crippen molar-refractivity contribution in [1.82, 2.24) is 9.88 Å². The van der Waals surface area contributed by atoms with Gasteiger partial charge in [0.1, 0.15) is 0 Å². The molecule has 1 rings (SSSR count). The summed E-state index contributed by atoms with van der Waals surface area (Å²) in [4.78, 5) is 17.0. The zero-order valence-electron chi connectivity index (χ0n) is 11.1. The minimum atomic E-state index is -0.338. The molecular weight excluding hydrogens is 232 g/mol. The summed E-state index contributed by atoms with van der Waals surface area (Å²) < 4.78 is 0. The number of nitrogens with zero attached hydrogens (tertiary/aromatic N) is 3. The molecular formula is C12H20N4O2. The first-order valence-electron chi connectivity index (χ1n) is 5.95. The third-order valence-corrected chi connectivity index (χ3v) is 2.92. The molecule has 2 N–H and O–H groups in total. The Morgan fingerprint density at radius 2 is 2.17 bits per heavy atom. The van der Waals surface area contributed by atoms with Crippen LogP contribution in [-0.4, -0.2) is 34.9 Å². The fourth-order valence-electron chi connectivity index (χ4n) is 1.90. The van der Waals surface area contributed by atoms with E-state index in [1.807, 2.05) is 7.05 Å². The highest BCUT2D eigenvalue weighted by atomic mass is 16.6. The SMILES string of the molecule is Cc1cnc(CN(C)CCCN)c(C)c1[N+](=O)[O-]. The number of hydrogen-bond acceptors (Lipinski definition) is 5. The molecule has 0 aromatic carbocycles. The molecule has 0 saturated carbocycles. The van der Waals surface area contributed by atoms with Crippen LogP contribution in [0.15, 0.2) is 6.20 Å². The Morgan fingerprint density at radius 3 is 2.72 bits per heavy atom. The second-order valence-electron chi connectivity index (χ2n) is 4.50. The lowest BCUT2D eigenvalue weighted by atomic mass is 10.1. The molecule has 0 radical (unpaired) electrons. The first kappa shape index (κ1) is 14.5. The van der Waals surface area contributed by atoms with E-state index in [0.29, 0.717) is 24.2 Å². The summed E-state index contributed by atoms with van der Waals surface area (Å²) >= 11 is 0. The van der Waals surface area contributed by atoms with Crippen molar-refractivity contribution < 1.29 is 4.92 Å². The minimum absolute atomic E-state index is 0.173. The molecule has 0 amide bonds. The second kappa shape index (κ2) is 6.42. The summed E-state index contributed by atoms with van der Waals surface area (Å²) in [5.74, 6) is 0. The molecule has 6 nitrogen and oxygen atoms in total. The van der Waals surface area contributed by atoms with Crippen molar-refractivity contribution in [2.45, 2.75) is 26.8 Å². The van der Waals surface area contributed by atoms with Gasteiger partial charge < -0.3 is 10.6 Å². The van der Waals surface area contributed by atoms with Crippen molar-refractivity contribution in [3.8, 4) is 0 Å². The Kier molecular flexibility index (Phi) is 5.18. The highest BCUT2D eigenvalue weighted by molar-refractivity contribution is 5.47. The third-order valence-electron chi connectivity index (χ3n) is 2.92. The number of nitro groups is 1. The molecule has 0 spiro atoms. The summed E-state index contributed by atoms with van der Waals surface area (Å²) in [5, 5.41) is 11.0. The predicted octanol–water partition coefficient (Wildman–Crippen LogP) is 1.39. The number of aryl methyl sites for hydroxylation is 1. The maximum absolute atomic E-state index is 11.0. The summed E-state index contributed by atoms with van der Waals surface area (Å²) in [7, 11) is 1.96. The van der Waals surface area contributed by atoms with E-state index in [1.54, 1.807) is 20.0 Å². The Hall–Kier alpha value is -1.53. The number of aromatic nitrogens is 1. The monoisotopic (exact) mass is 252 g/mol. The van der Waals surface area contributed by atoms with Crippen molar-refractivity contribution in [3.63, 3.8) is 0 Å². The van der Waals surface area contributed by atoms with Gasteiger partial charge in [0, 0.05) is 23.9 Å². The molecule has 100 valence electrons. The van der Waals surface area contributed by atoms with Gasteiger partial charge in [0.15, 0.2) is 0 Å².